The van der Waals surface area contributed by atoms with E-state index < -0.39 is 61.1 Å². The second kappa shape index (κ2) is 18.8. The summed E-state index contributed by atoms with van der Waals surface area (Å²) in [7, 11) is 0. The number of amidine groups is 1. The van der Waals surface area contributed by atoms with Gasteiger partial charge in [-0.25, -0.2) is 9.97 Å². The molecular formula is C26H36ClN13O6. The van der Waals surface area contributed by atoms with Gasteiger partial charge >= 0.3 is 5.97 Å². The number of halogens is 1. The third-order valence-corrected chi connectivity index (χ3v) is 5.95. The highest BCUT2D eigenvalue weighted by atomic mass is 35.5. The highest BCUT2D eigenvalue weighted by Gasteiger charge is 2.22. The number of esters is 1. The van der Waals surface area contributed by atoms with Crippen LogP contribution in [-0.2, 0) is 35.3 Å². The van der Waals surface area contributed by atoms with E-state index in [1.54, 1.807) is 24.3 Å². The minimum Gasteiger partial charge on any atom is -0.460 e. The molecule has 2 aromatic rings. The largest absolute Gasteiger partial charge is 0.460 e. The van der Waals surface area contributed by atoms with E-state index in [1.165, 1.54) is 0 Å². The molecule has 0 saturated heterocycles. The number of nitrogens with one attached hydrogen (secondary N) is 6. The van der Waals surface area contributed by atoms with Crippen LogP contribution in [0.15, 0.2) is 35.3 Å². The molecule has 0 fully saturated rings. The number of nitrogen functional groups attached to an aromatic ring is 2. The van der Waals surface area contributed by atoms with Gasteiger partial charge in [-0.3, -0.25) is 34.4 Å². The molecule has 0 bridgehead atoms. The quantitative estimate of drug-likeness (QED) is 0.0331. The highest BCUT2D eigenvalue weighted by Crippen LogP contribution is 2.19. The first-order valence-electron chi connectivity index (χ1n) is 13.6. The lowest BCUT2D eigenvalue weighted by molar-refractivity contribution is -0.145. The van der Waals surface area contributed by atoms with Crippen LogP contribution in [0.4, 0.5) is 11.6 Å². The molecule has 1 heterocycles. The zero-order valence-electron chi connectivity index (χ0n) is 24.6. The van der Waals surface area contributed by atoms with Gasteiger partial charge in [0.15, 0.2) is 22.7 Å². The Balaban J connectivity index is 1.79. The average molecular weight is 662 g/mol. The summed E-state index contributed by atoms with van der Waals surface area (Å²) in [6, 6.07) is 7.88. The summed E-state index contributed by atoms with van der Waals surface area (Å²) < 4.78 is 5.13. The fraction of sp³-hybridized carbons (Fsp3) is 0.346. The number of hydrogen-bond acceptors (Lipinski definition) is 12. The average Bonchev–Trinajstić information content (AvgIpc) is 3.02. The van der Waals surface area contributed by atoms with Gasteiger partial charge in [-0.2, -0.15) is 0 Å². The summed E-state index contributed by atoms with van der Waals surface area (Å²) in [6.45, 7) is -1.59. The zero-order chi connectivity index (χ0) is 34.1. The fourth-order valence-corrected chi connectivity index (χ4v) is 3.67. The van der Waals surface area contributed by atoms with E-state index in [2.05, 4.69) is 41.5 Å². The number of nitrogens with zero attached hydrogens (tertiary/aromatic N) is 3. The van der Waals surface area contributed by atoms with Crippen LogP contribution in [0.5, 0.6) is 0 Å². The van der Waals surface area contributed by atoms with Crippen LogP contribution in [0.2, 0.25) is 5.15 Å². The van der Waals surface area contributed by atoms with Gasteiger partial charge in [-0.15, -0.1) is 0 Å². The Morgan fingerprint density at radius 3 is 2.22 bits per heavy atom. The molecular weight excluding hydrogens is 626 g/mol. The van der Waals surface area contributed by atoms with Crippen LogP contribution in [0.25, 0.3) is 0 Å². The first kappa shape index (κ1) is 36.5. The lowest BCUT2D eigenvalue weighted by atomic mass is 10.1. The molecule has 2 rings (SSSR count). The minimum absolute atomic E-state index is 0.0268. The van der Waals surface area contributed by atoms with Gasteiger partial charge < -0.3 is 54.3 Å². The van der Waals surface area contributed by atoms with Crippen LogP contribution in [0.3, 0.4) is 0 Å². The molecule has 1 atom stereocenters. The van der Waals surface area contributed by atoms with Crippen LogP contribution >= 0.6 is 11.6 Å². The molecule has 0 aliphatic rings. The maximum Gasteiger partial charge on any atom is 0.325 e. The zero-order valence-corrected chi connectivity index (χ0v) is 25.4. The summed E-state index contributed by atoms with van der Waals surface area (Å²) >= 11 is 5.96. The number of carbonyl (C=O) groups is 5. The predicted octanol–water partition coefficient (Wildman–Crippen LogP) is -2.96. The second-order valence-corrected chi connectivity index (χ2v) is 9.71. The van der Waals surface area contributed by atoms with E-state index in [-0.39, 0.29) is 54.6 Å². The minimum atomic E-state index is -1.08. The maximum atomic E-state index is 12.8. The van der Waals surface area contributed by atoms with Gasteiger partial charge in [0, 0.05) is 6.54 Å². The van der Waals surface area contributed by atoms with Crippen molar-refractivity contribution in [2.75, 3.05) is 43.8 Å². The molecule has 0 saturated carbocycles. The fourth-order valence-electron chi connectivity index (χ4n) is 3.47. The SMILES string of the molecule is N=C(N)c1nc(Cl)c(NCC(=O)NCC(=O)NCC(=O)N[C@@H](CCCN=C(N)N)C(=O)NCC(=O)OCc2ccccc2)nc1N. The van der Waals surface area contributed by atoms with Gasteiger partial charge in [-0.1, -0.05) is 41.9 Å². The summed E-state index contributed by atoms with van der Waals surface area (Å²) in [5, 5.41) is 19.3. The second-order valence-electron chi connectivity index (χ2n) is 9.35. The number of benzene rings is 1. The van der Waals surface area contributed by atoms with Crippen molar-refractivity contribution >= 4 is 64.6 Å². The van der Waals surface area contributed by atoms with Crippen molar-refractivity contribution in [1.82, 2.24) is 31.2 Å². The third-order valence-electron chi connectivity index (χ3n) is 5.69. The van der Waals surface area contributed by atoms with Crippen molar-refractivity contribution in [3.05, 3.63) is 46.7 Å². The number of carbonyl (C=O) groups excluding carboxylic acids is 5. The number of guanidine groups is 1. The summed E-state index contributed by atoms with van der Waals surface area (Å²) in [5.74, 6) is -4.18. The Morgan fingerprint density at radius 2 is 1.57 bits per heavy atom. The molecule has 1 aromatic carbocycles. The lowest BCUT2D eigenvalue weighted by Gasteiger charge is -2.18. The van der Waals surface area contributed by atoms with Crippen molar-refractivity contribution in [3.8, 4) is 0 Å². The number of anilines is 2. The lowest BCUT2D eigenvalue weighted by Crippen LogP contribution is -2.51. The Hall–Kier alpha value is -5.72. The molecule has 0 aliphatic carbocycles. The number of hydrogen-bond donors (Lipinski definition) is 10. The molecule has 4 amide bonds. The van der Waals surface area contributed by atoms with Crippen molar-refractivity contribution in [3.63, 3.8) is 0 Å². The standard InChI is InChI=1S/C26H36ClN13O6/c27-21-24(40-23(30)20(39-21)22(28)29)36-10-17(42)34-9-16(41)35-11-18(43)38-15(7-4-8-33-26(31)32)25(45)37-12-19(44)46-13-14-5-2-1-3-6-14/h1-3,5-6,15H,4,7-13H2,(H3,28,29)(H,34,42)(H,35,41)(H,37,45)(H,38,43)(H3,30,36,40)(H4,31,32,33)/t15-/m0/s1. The first-order chi connectivity index (χ1) is 21.8. The maximum absolute atomic E-state index is 12.8. The predicted molar refractivity (Wildman–Crippen MR) is 168 cm³/mol. The van der Waals surface area contributed by atoms with Gasteiger partial charge in [0.2, 0.25) is 23.6 Å². The number of ether oxygens (including phenoxy) is 1. The smallest absolute Gasteiger partial charge is 0.325 e. The van der Waals surface area contributed by atoms with E-state index in [0.29, 0.717) is 6.42 Å². The summed E-state index contributed by atoms with van der Waals surface area (Å²) in [5.41, 5.74) is 22.3. The number of aromatic nitrogens is 2. The van der Waals surface area contributed by atoms with Crippen LogP contribution in [0.1, 0.15) is 24.1 Å². The Morgan fingerprint density at radius 1 is 0.913 bits per heavy atom. The van der Waals surface area contributed by atoms with Crippen molar-refractivity contribution in [1.29, 1.82) is 5.41 Å². The van der Waals surface area contributed by atoms with Crippen molar-refractivity contribution in [2.24, 2.45) is 22.2 Å². The van der Waals surface area contributed by atoms with E-state index in [0.717, 1.165) is 5.56 Å². The monoisotopic (exact) mass is 661 g/mol. The van der Waals surface area contributed by atoms with Crippen LogP contribution in [-0.4, -0.2) is 90.1 Å². The van der Waals surface area contributed by atoms with E-state index in [9.17, 15) is 24.0 Å². The van der Waals surface area contributed by atoms with Crippen molar-refractivity contribution in [2.45, 2.75) is 25.5 Å². The molecule has 0 radical (unpaired) electrons. The van der Waals surface area contributed by atoms with E-state index in [4.69, 9.17) is 44.7 Å². The molecule has 0 aliphatic heterocycles. The molecule has 46 heavy (non-hydrogen) atoms. The van der Waals surface area contributed by atoms with E-state index >= 15 is 0 Å². The van der Waals surface area contributed by atoms with Gasteiger partial charge in [0.25, 0.3) is 0 Å². The Bertz CT molecular complexity index is 1440. The number of aliphatic imine (C=N–C) groups is 1. The highest BCUT2D eigenvalue weighted by molar-refractivity contribution is 6.32. The molecule has 1 aromatic heterocycles. The Kier molecular flexibility index (Phi) is 14.9. The summed E-state index contributed by atoms with van der Waals surface area (Å²) in [6.07, 6.45) is 0.424. The first-order valence-corrected chi connectivity index (χ1v) is 14.0. The number of rotatable bonds is 18. The van der Waals surface area contributed by atoms with Gasteiger partial charge in [-0.05, 0) is 18.4 Å². The molecule has 0 unspecified atom stereocenters. The Labute approximate surface area is 268 Å². The normalized spacial score (nSPS) is 10.9. The molecule has 0 spiro atoms. The molecule has 248 valence electrons. The molecule has 19 nitrogen and oxygen atoms in total. The number of nitrogens with two attached hydrogens (primary N) is 4. The van der Waals surface area contributed by atoms with Crippen LogP contribution in [0, 0.1) is 5.41 Å². The molecule has 20 heteroatoms. The van der Waals surface area contributed by atoms with Gasteiger partial charge in [0.05, 0.1) is 19.6 Å². The van der Waals surface area contributed by atoms with Crippen LogP contribution < -0.4 is 49.5 Å². The molecule has 14 N–H and O–H groups in total. The van der Waals surface area contributed by atoms with Crippen molar-refractivity contribution < 1.29 is 28.7 Å². The van der Waals surface area contributed by atoms with Gasteiger partial charge in [0.1, 0.15) is 30.7 Å². The summed E-state index contributed by atoms with van der Waals surface area (Å²) in [4.78, 5) is 73.2. The van der Waals surface area contributed by atoms with E-state index in [1.807, 2.05) is 6.07 Å². The number of amides is 4. The topological polar surface area (TPSA) is 321 Å². The third kappa shape index (κ3) is 13.7.